The molecular weight excluding hydrogens is 412 g/mol. The molecule has 0 unspecified atom stereocenters. The van der Waals surface area contributed by atoms with Crippen LogP contribution in [0.3, 0.4) is 0 Å². The molecule has 0 saturated heterocycles. The molecule has 0 aliphatic rings. The maximum absolute atomic E-state index is 12.8. The summed E-state index contributed by atoms with van der Waals surface area (Å²) in [5.74, 6) is 0.0890. The Hall–Kier alpha value is -3.03. The molecule has 0 atom stereocenters. The number of amides is 1. The van der Waals surface area contributed by atoms with Gasteiger partial charge in [-0.15, -0.1) is 0 Å². The average Bonchev–Trinajstić information content (AvgIpc) is 2.68. The standard InChI is InChI=1S/C21H19ClN2O4S/c1-15-5-4-6-18(13-15)28-14-21(25)23-19-7-2-3-8-20(19)29(26,27)24-17-11-9-16(22)10-12-17/h2-13,24H,14H2,1H3,(H,23,25). The molecule has 3 aromatic carbocycles. The number of hydrogen-bond acceptors (Lipinski definition) is 4. The SMILES string of the molecule is Cc1cccc(OCC(=O)Nc2ccccc2S(=O)(=O)Nc2ccc(Cl)cc2)c1. The zero-order chi connectivity index (χ0) is 20.9. The second-order valence-corrected chi connectivity index (χ2v) is 8.35. The van der Waals surface area contributed by atoms with Gasteiger partial charge in [0.15, 0.2) is 6.61 Å². The van der Waals surface area contributed by atoms with Gasteiger partial charge in [0, 0.05) is 10.7 Å². The van der Waals surface area contributed by atoms with Crippen molar-refractivity contribution >= 4 is 38.9 Å². The fourth-order valence-corrected chi connectivity index (χ4v) is 3.92. The summed E-state index contributed by atoms with van der Waals surface area (Å²) in [5, 5.41) is 3.09. The number of aryl methyl sites for hydroxylation is 1. The van der Waals surface area contributed by atoms with Gasteiger partial charge in [0.1, 0.15) is 10.6 Å². The number of carbonyl (C=O) groups excluding carboxylic acids is 1. The van der Waals surface area contributed by atoms with E-state index in [0.29, 0.717) is 16.5 Å². The lowest BCUT2D eigenvalue weighted by molar-refractivity contribution is -0.118. The molecule has 2 N–H and O–H groups in total. The summed E-state index contributed by atoms with van der Waals surface area (Å²) in [6.45, 7) is 1.67. The Morgan fingerprint density at radius 2 is 1.72 bits per heavy atom. The van der Waals surface area contributed by atoms with Gasteiger partial charge in [-0.25, -0.2) is 8.42 Å². The van der Waals surface area contributed by atoms with Crippen LogP contribution in [-0.4, -0.2) is 20.9 Å². The molecule has 0 fully saturated rings. The second-order valence-electron chi connectivity index (χ2n) is 6.26. The number of hydrogen-bond donors (Lipinski definition) is 2. The molecule has 0 bridgehead atoms. The van der Waals surface area contributed by atoms with Crippen molar-refractivity contribution in [1.82, 2.24) is 0 Å². The van der Waals surface area contributed by atoms with Gasteiger partial charge in [0.2, 0.25) is 0 Å². The van der Waals surface area contributed by atoms with Crippen molar-refractivity contribution in [2.45, 2.75) is 11.8 Å². The van der Waals surface area contributed by atoms with Crippen LogP contribution in [0.1, 0.15) is 5.56 Å². The van der Waals surface area contributed by atoms with E-state index in [0.717, 1.165) is 5.56 Å². The van der Waals surface area contributed by atoms with Crippen molar-refractivity contribution in [3.05, 3.63) is 83.4 Å². The molecule has 8 heteroatoms. The number of para-hydroxylation sites is 1. The summed E-state index contributed by atoms with van der Waals surface area (Å²) in [6.07, 6.45) is 0. The number of carbonyl (C=O) groups is 1. The van der Waals surface area contributed by atoms with E-state index in [-0.39, 0.29) is 17.2 Å². The van der Waals surface area contributed by atoms with Crippen LogP contribution in [0.5, 0.6) is 5.75 Å². The number of sulfonamides is 1. The fourth-order valence-electron chi connectivity index (χ4n) is 2.57. The Morgan fingerprint density at radius 1 is 1.00 bits per heavy atom. The first kappa shape index (κ1) is 20.7. The van der Waals surface area contributed by atoms with Gasteiger partial charge in [-0.05, 0) is 61.0 Å². The molecule has 0 aliphatic heterocycles. The van der Waals surface area contributed by atoms with Gasteiger partial charge >= 0.3 is 0 Å². The smallest absolute Gasteiger partial charge is 0.263 e. The number of ether oxygens (including phenoxy) is 1. The van der Waals surface area contributed by atoms with E-state index in [1.54, 1.807) is 42.5 Å². The molecule has 0 aliphatic carbocycles. The van der Waals surface area contributed by atoms with E-state index in [1.165, 1.54) is 12.1 Å². The van der Waals surface area contributed by atoms with Crippen molar-refractivity contribution in [2.24, 2.45) is 0 Å². The van der Waals surface area contributed by atoms with Crippen molar-refractivity contribution < 1.29 is 17.9 Å². The summed E-state index contributed by atoms with van der Waals surface area (Å²) in [7, 11) is -3.92. The number of nitrogens with one attached hydrogen (secondary N) is 2. The van der Waals surface area contributed by atoms with Crippen LogP contribution in [0.2, 0.25) is 5.02 Å². The van der Waals surface area contributed by atoms with Gasteiger partial charge in [-0.1, -0.05) is 35.9 Å². The molecule has 0 saturated carbocycles. The number of anilines is 2. The summed E-state index contributed by atoms with van der Waals surface area (Å²) in [6, 6.07) is 19.7. The summed E-state index contributed by atoms with van der Waals surface area (Å²) in [5.41, 5.74) is 1.53. The van der Waals surface area contributed by atoms with Crippen molar-refractivity contribution in [1.29, 1.82) is 0 Å². The maximum atomic E-state index is 12.8. The minimum absolute atomic E-state index is 0.0566. The molecule has 3 aromatic rings. The summed E-state index contributed by atoms with van der Waals surface area (Å²) < 4.78 is 33.5. The van der Waals surface area contributed by atoms with Gasteiger partial charge in [0.05, 0.1) is 5.69 Å². The normalized spacial score (nSPS) is 11.0. The lowest BCUT2D eigenvalue weighted by atomic mass is 10.2. The zero-order valence-corrected chi connectivity index (χ0v) is 17.1. The molecule has 6 nitrogen and oxygen atoms in total. The van der Waals surface area contributed by atoms with Crippen molar-refractivity contribution in [3.8, 4) is 5.75 Å². The van der Waals surface area contributed by atoms with E-state index in [1.807, 2.05) is 25.1 Å². The lowest BCUT2D eigenvalue weighted by Crippen LogP contribution is -2.22. The molecule has 1 amide bonds. The topological polar surface area (TPSA) is 84.5 Å². The van der Waals surface area contributed by atoms with Gasteiger partial charge in [-0.3, -0.25) is 9.52 Å². The van der Waals surface area contributed by atoms with E-state index in [4.69, 9.17) is 16.3 Å². The fraction of sp³-hybridized carbons (Fsp3) is 0.0952. The highest BCUT2D eigenvalue weighted by Crippen LogP contribution is 2.24. The van der Waals surface area contributed by atoms with E-state index < -0.39 is 15.9 Å². The third-order valence-electron chi connectivity index (χ3n) is 3.91. The van der Waals surface area contributed by atoms with E-state index in [2.05, 4.69) is 10.0 Å². The Morgan fingerprint density at radius 3 is 2.45 bits per heavy atom. The van der Waals surface area contributed by atoms with Gasteiger partial charge in [-0.2, -0.15) is 0 Å². The van der Waals surface area contributed by atoms with Crippen LogP contribution < -0.4 is 14.8 Å². The molecular formula is C21H19ClN2O4S. The Balaban J connectivity index is 1.72. The van der Waals surface area contributed by atoms with Crippen LogP contribution in [0.4, 0.5) is 11.4 Å². The summed E-state index contributed by atoms with van der Waals surface area (Å²) >= 11 is 5.83. The third-order valence-corrected chi connectivity index (χ3v) is 5.60. The van der Waals surface area contributed by atoms with Crippen LogP contribution in [0, 0.1) is 6.92 Å². The predicted molar refractivity (Wildman–Crippen MR) is 114 cm³/mol. The minimum Gasteiger partial charge on any atom is -0.484 e. The molecule has 0 radical (unpaired) electrons. The Bertz CT molecular complexity index is 1120. The first-order valence-electron chi connectivity index (χ1n) is 8.70. The van der Waals surface area contributed by atoms with Crippen LogP contribution >= 0.6 is 11.6 Å². The highest BCUT2D eigenvalue weighted by atomic mass is 35.5. The molecule has 29 heavy (non-hydrogen) atoms. The van der Waals surface area contributed by atoms with E-state index in [9.17, 15) is 13.2 Å². The quantitative estimate of drug-likeness (QED) is 0.579. The largest absolute Gasteiger partial charge is 0.484 e. The highest BCUT2D eigenvalue weighted by molar-refractivity contribution is 7.92. The van der Waals surface area contributed by atoms with Crippen molar-refractivity contribution in [2.75, 3.05) is 16.6 Å². The Labute approximate surface area is 174 Å². The number of halogens is 1. The third kappa shape index (κ3) is 5.73. The number of benzene rings is 3. The van der Waals surface area contributed by atoms with E-state index >= 15 is 0 Å². The molecule has 0 aromatic heterocycles. The van der Waals surface area contributed by atoms with Gasteiger partial charge < -0.3 is 10.1 Å². The first-order valence-corrected chi connectivity index (χ1v) is 10.6. The molecule has 0 spiro atoms. The highest BCUT2D eigenvalue weighted by Gasteiger charge is 2.20. The molecule has 3 rings (SSSR count). The average molecular weight is 431 g/mol. The van der Waals surface area contributed by atoms with Crippen molar-refractivity contribution in [3.63, 3.8) is 0 Å². The lowest BCUT2D eigenvalue weighted by Gasteiger charge is -2.13. The monoisotopic (exact) mass is 430 g/mol. The first-order chi connectivity index (χ1) is 13.8. The second kappa shape index (κ2) is 8.98. The minimum atomic E-state index is -3.92. The number of rotatable bonds is 7. The summed E-state index contributed by atoms with van der Waals surface area (Å²) in [4.78, 5) is 12.2. The van der Waals surface area contributed by atoms with Gasteiger partial charge in [0.25, 0.3) is 15.9 Å². The van der Waals surface area contributed by atoms with Crippen LogP contribution in [0.15, 0.2) is 77.7 Å². The zero-order valence-electron chi connectivity index (χ0n) is 15.6. The van der Waals surface area contributed by atoms with Crippen LogP contribution in [0.25, 0.3) is 0 Å². The molecule has 0 heterocycles. The predicted octanol–water partition coefficient (Wildman–Crippen LogP) is 4.47. The molecule has 150 valence electrons. The maximum Gasteiger partial charge on any atom is 0.263 e. The Kier molecular flexibility index (Phi) is 6.41. The van der Waals surface area contributed by atoms with Crippen LogP contribution in [-0.2, 0) is 14.8 Å².